The van der Waals surface area contributed by atoms with Gasteiger partial charge in [-0.15, -0.1) is 0 Å². The van der Waals surface area contributed by atoms with Crippen molar-refractivity contribution in [3.8, 4) is 11.5 Å². The molecule has 2 heterocycles. The third-order valence-electron chi connectivity index (χ3n) is 5.54. The normalized spacial score (nSPS) is 13.7. The molecule has 156 valence electrons. The van der Waals surface area contributed by atoms with Crippen LogP contribution in [0.15, 0.2) is 36.4 Å². The van der Waals surface area contributed by atoms with Gasteiger partial charge in [0, 0.05) is 31.5 Å². The zero-order chi connectivity index (χ0) is 21.4. The van der Waals surface area contributed by atoms with Gasteiger partial charge in [0.15, 0.2) is 0 Å². The highest BCUT2D eigenvalue weighted by Crippen LogP contribution is 2.37. The van der Waals surface area contributed by atoms with Crippen LogP contribution in [-0.4, -0.2) is 37.1 Å². The molecule has 0 bridgehead atoms. The molecule has 1 fully saturated rings. The van der Waals surface area contributed by atoms with Gasteiger partial charge in [0.25, 0.3) is 5.91 Å². The van der Waals surface area contributed by atoms with Crippen LogP contribution in [0.1, 0.15) is 28.9 Å². The number of carbonyl (C=O) groups is 2. The number of nitrogens with zero attached hydrogens (tertiary/aromatic N) is 2. The van der Waals surface area contributed by atoms with E-state index in [2.05, 4.69) is 5.32 Å². The first kappa shape index (κ1) is 19.8. The van der Waals surface area contributed by atoms with Crippen molar-refractivity contribution in [1.82, 2.24) is 4.57 Å². The SMILES string of the molecule is COc1ccc(NC(=O)c2c(N3CCCC3=O)c3cc(C)ccc3n2C)c(OC)c1. The zero-order valence-corrected chi connectivity index (χ0v) is 17.6. The van der Waals surface area contributed by atoms with E-state index in [4.69, 9.17) is 9.47 Å². The van der Waals surface area contributed by atoms with Crippen molar-refractivity contribution < 1.29 is 19.1 Å². The smallest absolute Gasteiger partial charge is 0.274 e. The molecule has 7 heteroatoms. The molecule has 1 aromatic heterocycles. The van der Waals surface area contributed by atoms with Gasteiger partial charge >= 0.3 is 0 Å². The number of nitrogens with one attached hydrogen (secondary N) is 1. The van der Waals surface area contributed by atoms with E-state index in [0.29, 0.717) is 41.5 Å². The van der Waals surface area contributed by atoms with Gasteiger partial charge in [0.1, 0.15) is 17.2 Å². The number of benzene rings is 2. The van der Waals surface area contributed by atoms with E-state index in [9.17, 15) is 9.59 Å². The molecule has 4 rings (SSSR count). The molecule has 2 amide bonds. The fourth-order valence-corrected chi connectivity index (χ4v) is 4.04. The Morgan fingerprint density at radius 3 is 2.57 bits per heavy atom. The predicted octanol–water partition coefficient (Wildman–Crippen LogP) is 3.88. The second kappa shape index (κ2) is 7.74. The molecule has 3 aromatic rings. The van der Waals surface area contributed by atoms with Crippen molar-refractivity contribution in [2.45, 2.75) is 19.8 Å². The first-order valence-corrected chi connectivity index (χ1v) is 9.87. The van der Waals surface area contributed by atoms with Crippen molar-refractivity contribution in [2.75, 3.05) is 31.0 Å². The summed E-state index contributed by atoms with van der Waals surface area (Å²) in [5, 5.41) is 3.85. The number of methoxy groups -OCH3 is 2. The van der Waals surface area contributed by atoms with Crippen molar-refractivity contribution in [1.29, 1.82) is 0 Å². The molecule has 1 aliphatic heterocycles. The van der Waals surface area contributed by atoms with Gasteiger partial charge in [0.05, 0.1) is 31.1 Å². The molecule has 0 atom stereocenters. The van der Waals surface area contributed by atoms with Crippen LogP contribution in [0, 0.1) is 6.92 Å². The third-order valence-corrected chi connectivity index (χ3v) is 5.54. The topological polar surface area (TPSA) is 72.8 Å². The van der Waals surface area contributed by atoms with Gasteiger partial charge in [-0.2, -0.15) is 0 Å². The van der Waals surface area contributed by atoms with E-state index in [0.717, 1.165) is 22.9 Å². The number of aryl methyl sites for hydroxylation is 2. The number of hydrogen-bond acceptors (Lipinski definition) is 4. The number of aromatic nitrogens is 1. The van der Waals surface area contributed by atoms with Gasteiger partial charge in [-0.3, -0.25) is 9.59 Å². The number of hydrogen-bond donors (Lipinski definition) is 1. The molecule has 0 aliphatic carbocycles. The maximum atomic E-state index is 13.4. The van der Waals surface area contributed by atoms with Crippen LogP contribution in [0.3, 0.4) is 0 Å². The Kier molecular flexibility index (Phi) is 5.11. The summed E-state index contributed by atoms with van der Waals surface area (Å²) in [6.45, 7) is 2.61. The van der Waals surface area contributed by atoms with Crippen LogP contribution in [0.2, 0.25) is 0 Å². The fraction of sp³-hybridized carbons (Fsp3) is 0.304. The minimum atomic E-state index is -0.301. The monoisotopic (exact) mass is 407 g/mol. The number of carbonyl (C=O) groups excluding carboxylic acids is 2. The molecule has 0 spiro atoms. The Bertz CT molecular complexity index is 1150. The van der Waals surface area contributed by atoms with Crippen LogP contribution < -0.4 is 19.7 Å². The average Bonchev–Trinajstić information content (AvgIpc) is 3.28. The van der Waals surface area contributed by atoms with Gasteiger partial charge in [-0.1, -0.05) is 11.6 Å². The third kappa shape index (κ3) is 3.26. The first-order chi connectivity index (χ1) is 14.4. The van der Waals surface area contributed by atoms with E-state index < -0.39 is 0 Å². The summed E-state index contributed by atoms with van der Waals surface area (Å²) in [7, 11) is 4.96. The van der Waals surface area contributed by atoms with Crippen LogP contribution in [0.25, 0.3) is 10.9 Å². The minimum absolute atomic E-state index is 0.0417. The summed E-state index contributed by atoms with van der Waals surface area (Å²) in [4.78, 5) is 27.7. The lowest BCUT2D eigenvalue weighted by Gasteiger charge is -2.18. The molecule has 0 saturated carbocycles. The van der Waals surface area contributed by atoms with Crippen molar-refractivity contribution in [2.24, 2.45) is 7.05 Å². The van der Waals surface area contributed by atoms with E-state index in [1.165, 1.54) is 0 Å². The molecule has 1 N–H and O–H groups in total. The highest BCUT2D eigenvalue weighted by molar-refractivity contribution is 6.17. The Balaban J connectivity index is 1.83. The van der Waals surface area contributed by atoms with Crippen LogP contribution in [0.4, 0.5) is 11.4 Å². The highest BCUT2D eigenvalue weighted by Gasteiger charge is 2.31. The summed E-state index contributed by atoms with van der Waals surface area (Å²) < 4.78 is 12.5. The molecule has 0 radical (unpaired) electrons. The standard InChI is InChI=1S/C23H25N3O4/c1-14-7-10-18-16(12-14)21(26-11-5-6-20(26)27)22(25(18)2)23(28)24-17-9-8-15(29-3)13-19(17)30-4/h7-10,12-13H,5-6,11H2,1-4H3,(H,24,28). The molecule has 2 aromatic carbocycles. The zero-order valence-electron chi connectivity index (χ0n) is 17.6. The fourth-order valence-electron chi connectivity index (χ4n) is 4.04. The van der Waals surface area contributed by atoms with Gasteiger partial charge in [-0.25, -0.2) is 0 Å². The summed E-state index contributed by atoms with van der Waals surface area (Å²) in [6, 6.07) is 11.2. The van der Waals surface area contributed by atoms with Gasteiger partial charge in [0.2, 0.25) is 5.91 Å². The van der Waals surface area contributed by atoms with Crippen LogP contribution >= 0.6 is 0 Å². The molecule has 1 aliphatic rings. The van der Waals surface area contributed by atoms with Gasteiger partial charge in [-0.05, 0) is 37.6 Å². The number of ether oxygens (including phenoxy) is 2. The first-order valence-electron chi connectivity index (χ1n) is 9.87. The van der Waals surface area contributed by atoms with E-state index >= 15 is 0 Å². The number of rotatable bonds is 5. The van der Waals surface area contributed by atoms with Crippen molar-refractivity contribution in [3.63, 3.8) is 0 Å². The van der Waals surface area contributed by atoms with Crippen molar-refractivity contribution >= 4 is 34.1 Å². The Morgan fingerprint density at radius 2 is 1.90 bits per heavy atom. The summed E-state index contributed by atoms with van der Waals surface area (Å²) in [5.41, 5.74) is 3.63. The quantitative estimate of drug-likeness (QED) is 0.697. The average molecular weight is 407 g/mol. The summed E-state index contributed by atoms with van der Waals surface area (Å²) in [5.74, 6) is 0.869. The molecular formula is C23H25N3O4. The minimum Gasteiger partial charge on any atom is -0.497 e. The van der Waals surface area contributed by atoms with Crippen LogP contribution in [0.5, 0.6) is 11.5 Å². The molecule has 1 saturated heterocycles. The summed E-state index contributed by atoms with van der Waals surface area (Å²) in [6.07, 6.45) is 1.28. The second-order valence-corrected chi connectivity index (χ2v) is 7.45. The Morgan fingerprint density at radius 1 is 1.10 bits per heavy atom. The summed E-state index contributed by atoms with van der Waals surface area (Å²) >= 11 is 0. The van der Waals surface area contributed by atoms with Crippen molar-refractivity contribution in [3.05, 3.63) is 47.7 Å². The predicted molar refractivity (Wildman–Crippen MR) is 117 cm³/mol. The highest BCUT2D eigenvalue weighted by atomic mass is 16.5. The van der Waals surface area contributed by atoms with Crippen LogP contribution in [-0.2, 0) is 11.8 Å². The lowest BCUT2D eigenvalue weighted by molar-refractivity contribution is -0.117. The number of anilines is 2. The lowest BCUT2D eigenvalue weighted by atomic mass is 10.1. The number of fused-ring (bicyclic) bond motifs is 1. The second-order valence-electron chi connectivity index (χ2n) is 7.45. The number of amides is 2. The lowest BCUT2D eigenvalue weighted by Crippen LogP contribution is -2.27. The van der Waals surface area contributed by atoms with E-state index in [1.807, 2.05) is 36.7 Å². The molecule has 7 nitrogen and oxygen atoms in total. The van der Waals surface area contributed by atoms with E-state index in [-0.39, 0.29) is 11.8 Å². The Labute approximate surface area is 175 Å². The van der Waals surface area contributed by atoms with E-state index in [1.54, 1.807) is 37.3 Å². The molecule has 0 unspecified atom stereocenters. The largest absolute Gasteiger partial charge is 0.497 e. The maximum absolute atomic E-state index is 13.4. The maximum Gasteiger partial charge on any atom is 0.274 e. The molecular weight excluding hydrogens is 382 g/mol. The Hall–Kier alpha value is -3.48. The molecule has 30 heavy (non-hydrogen) atoms. The van der Waals surface area contributed by atoms with Gasteiger partial charge < -0.3 is 24.3 Å².